The van der Waals surface area contributed by atoms with E-state index in [-0.39, 0.29) is 15.0 Å². The molecule has 66 valence electrons. The Morgan fingerprint density at radius 2 is 2.00 bits per heavy atom. The van der Waals surface area contributed by atoms with Crippen molar-refractivity contribution < 1.29 is 0 Å². The molecule has 2 N–H and O–H groups in total. The maximum atomic E-state index is 8.79. The van der Waals surface area contributed by atoms with Crippen molar-refractivity contribution in [3.8, 4) is 6.07 Å². The van der Waals surface area contributed by atoms with Crippen LogP contribution in [0.5, 0.6) is 0 Å². The number of nitrogens with zero attached hydrogens (tertiary/aromatic N) is 1. The fourth-order valence-corrected chi connectivity index (χ4v) is 2.34. The molecule has 0 aromatic heterocycles. The third-order valence-corrected chi connectivity index (χ3v) is 3.78. The van der Waals surface area contributed by atoms with Gasteiger partial charge in [0, 0.05) is 0 Å². The second-order valence-electron chi connectivity index (χ2n) is 2.54. The molecule has 0 heterocycles. The summed E-state index contributed by atoms with van der Waals surface area (Å²) >= 11 is 0.0504. The Bertz CT molecular complexity index is 345. The molecule has 0 aliphatic carbocycles. The Labute approximate surface area is 84.2 Å². The molecule has 1 rings (SSSR count). The molecule has 0 aliphatic rings. The minimum absolute atomic E-state index is 0.0504. The van der Waals surface area contributed by atoms with Gasteiger partial charge >= 0.3 is 83.9 Å². The zero-order valence-electron chi connectivity index (χ0n) is 7.32. The second kappa shape index (κ2) is 4.71. The molecule has 0 bridgehead atoms. The van der Waals surface area contributed by atoms with Gasteiger partial charge < -0.3 is 0 Å². The molecular formula is C10H10N2Se. The van der Waals surface area contributed by atoms with Gasteiger partial charge in [0.2, 0.25) is 0 Å². The van der Waals surface area contributed by atoms with Crippen molar-refractivity contribution in [2.45, 2.75) is 6.92 Å². The van der Waals surface area contributed by atoms with Crippen LogP contribution in [-0.2, 0) is 0 Å². The molecule has 0 saturated heterocycles. The summed E-state index contributed by atoms with van der Waals surface area (Å²) in [6, 6.07) is 12.1. The van der Waals surface area contributed by atoms with Crippen molar-refractivity contribution in [1.82, 2.24) is 0 Å². The van der Waals surface area contributed by atoms with Gasteiger partial charge in [-0.2, -0.15) is 0 Å². The van der Waals surface area contributed by atoms with E-state index in [0.717, 1.165) is 0 Å². The normalized spacial score (nSPS) is 11.7. The van der Waals surface area contributed by atoms with E-state index in [9.17, 15) is 0 Å². The van der Waals surface area contributed by atoms with Gasteiger partial charge in [-0.05, 0) is 0 Å². The van der Waals surface area contributed by atoms with Crippen molar-refractivity contribution in [2.24, 2.45) is 5.73 Å². The molecule has 0 fully saturated rings. The molecule has 0 saturated carbocycles. The van der Waals surface area contributed by atoms with Gasteiger partial charge in [-0.3, -0.25) is 0 Å². The predicted molar refractivity (Wildman–Crippen MR) is 54.3 cm³/mol. The maximum absolute atomic E-state index is 8.79. The first kappa shape index (κ1) is 9.85. The Kier molecular flexibility index (Phi) is 3.57. The van der Waals surface area contributed by atoms with Crippen LogP contribution in [0.25, 0.3) is 0 Å². The van der Waals surface area contributed by atoms with E-state index in [4.69, 9.17) is 11.0 Å². The number of rotatable bonds is 2. The first-order valence-electron chi connectivity index (χ1n) is 3.83. The van der Waals surface area contributed by atoms with Crippen molar-refractivity contribution >= 4 is 19.4 Å². The summed E-state index contributed by atoms with van der Waals surface area (Å²) in [5.41, 5.74) is 6.20. The summed E-state index contributed by atoms with van der Waals surface area (Å²) in [6.07, 6.45) is 0. The summed E-state index contributed by atoms with van der Waals surface area (Å²) < 4.78 is 1.88. The second-order valence-corrected chi connectivity index (χ2v) is 4.81. The molecule has 0 spiro atoms. The van der Waals surface area contributed by atoms with Gasteiger partial charge in [0.25, 0.3) is 0 Å². The van der Waals surface area contributed by atoms with Crippen LogP contribution in [0.1, 0.15) is 6.92 Å². The number of benzene rings is 1. The molecule has 0 aliphatic heterocycles. The van der Waals surface area contributed by atoms with Crippen LogP contribution in [-0.4, -0.2) is 15.0 Å². The van der Waals surface area contributed by atoms with Crippen molar-refractivity contribution in [1.29, 1.82) is 5.26 Å². The molecule has 0 atom stereocenters. The van der Waals surface area contributed by atoms with Gasteiger partial charge in [0.1, 0.15) is 0 Å². The average Bonchev–Trinajstić information content (AvgIpc) is 2.15. The first-order chi connectivity index (χ1) is 6.24. The van der Waals surface area contributed by atoms with E-state index in [1.807, 2.05) is 30.3 Å². The van der Waals surface area contributed by atoms with E-state index in [1.165, 1.54) is 4.46 Å². The van der Waals surface area contributed by atoms with E-state index in [0.29, 0.717) is 10.2 Å². The number of allylic oxidation sites excluding steroid dienone is 2. The summed E-state index contributed by atoms with van der Waals surface area (Å²) in [6.45, 7) is 1.77. The summed E-state index contributed by atoms with van der Waals surface area (Å²) in [7, 11) is 0. The van der Waals surface area contributed by atoms with Gasteiger partial charge in [-0.15, -0.1) is 0 Å². The minimum atomic E-state index is 0.0504. The Balaban J connectivity index is 2.82. The zero-order valence-corrected chi connectivity index (χ0v) is 9.03. The van der Waals surface area contributed by atoms with Crippen LogP contribution in [0, 0.1) is 11.3 Å². The summed E-state index contributed by atoms with van der Waals surface area (Å²) in [5.74, 6) is 0. The molecule has 0 unspecified atom stereocenters. The van der Waals surface area contributed by atoms with Crippen LogP contribution in [0.4, 0.5) is 0 Å². The predicted octanol–water partition coefficient (Wildman–Crippen LogP) is 0.730. The van der Waals surface area contributed by atoms with Gasteiger partial charge in [0.15, 0.2) is 0 Å². The summed E-state index contributed by atoms with van der Waals surface area (Å²) in [4.78, 5) is 0. The van der Waals surface area contributed by atoms with Gasteiger partial charge in [-0.25, -0.2) is 0 Å². The van der Waals surface area contributed by atoms with Crippen LogP contribution in [0.3, 0.4) is 0 Å². The number of hydrogen-bond acceptors (Lipinski definition) is 2. The zero-order chi connectivity index (χ0) is 9.68. The Morgan fingerprint density at radius 3 is 2.46 bits per heavy atom. The summed E-state index contributed by atoms with van der Waals surface area (Å²) in [5, 5.41) is 8.79. The first-order valence-corrected chi connectivity index (χ1v) is 5.54. The van der Waals surface area contributed by atoms with E-state index in [1.54, 1.807) is 6.92 Å². The average molecular weight is 237 g/mol. The van der Waals surface area contributed by atoms with Crippen LogP contribution < -0.4 is 10.2 Å². The SMILES string of the molecule is CC(N)=C(C#N)[Se]c1ccccc1. The Morgan fingerprint density at radius 1 is 1.38 bits per heavy atom. The third kappa shape index (κ3) is 2.95. The van der Waals surface area contributed by atoms with Gasteiger partial charge in [0.05, 0.1) is 0 Å². The van der Waals surface area contributed by atoms with Crippen LogP contribution in [0.15, 0.2) is 40.5 Å². The quantitative estimate of drug-likeness (QED) is 0.609. The molecule has 2 nitrogen and oxygen atoms in total. The topological polar surface area (TPSA) is 49.8 Å². The van der Waals surface area contributed by atoms with Crippen molar-refractivity contribution in [2.75, 3.05) is 0 Å². The molecule has 1 aromatic rings. The molecule has 0 amide bonds. The van der Waals surface area contributed by atoms with Gasteiger partial charge in [-0.1, -0.05) is 0 Å². The fourth-order valence-electron chi connectivity index (χ4n) is 0.798. The molecule has 1 aromatic carbocycles. The number of hydrogen-bond donors (Lipinski definition) is 1. The van der Waals surface area contributed by atoms with Crippen molar-refractivity contribution in [3.05, 3.63) is 40.5 Å². The monoisotopic (exact) mass is 238 g/mol. The standard InChI is InChI=1S/C10H10N2Se/c1-8(12)10(7-11)13-9-5-3-2-4-6-9/h2-6H,12H2,1H3. The van der Waals surface area contributed by atoms with E-state index < -0.39 is 0 Å². The molecular weight excluding hydrogens is 227 g/mol. The Hall–Kier alpha value is -1.23. The molecule has 13 heavy (non-hydrogen) atoms. The van der Waals surface area contributed by atoms with E-state index in [2.05, 4.69) is 6.07 Å². The molecule has 0 radical (unpaired) electrons. The van der Waals surface area contributed by atoms with Crippen molar-refractivity contribution in [3.63, 3.8) is 0 Å². The third-order valence-electron chi connectivity index (χ3n) is 1.42. The fraction of sp³-hybridized carbons (Fsp3) is 0.100. The number of nitriles is 1. The van der Waals surface area contributed by atoms with E-state index >= 15 is 0 Å². The van der Waals surface area contributed by atoms with Crippen LogP contribution in [0.2, 0.25) is 0 Å². The number of nitrogens with two attached hydrogens (primary N) is 1. The van der Waals surface area contributed by atoms with Crippen LogP contribution >= 0.6 is 0 Å². The molecule has 3 heteroatoms.